The average Bonchev–Trinajstić information content (AvgIpc) is 3.07. The van der Waals surface area contributed by atoms with Gasteiger partial charge in [0, 0.05) is 25.8 Å². The molecule has 2 N–H and O–H groups in total. The molecule has 148 valence electrons. The van der Waals surface area contributed by atoms with Crippen LogP contribution in [0.3, 0.4) is 0 Å². The number of aromatic nitrogens is 4. The van der Waals surface area contributed by atoms with Gasteiger partial charge < -0.3 is 10.1 Å². The number of alkyl halides is 3. The van der Waals surface area contributed by atoms with Gasteiger partial charge in [-0.15, -0.1) is 0 Å². The molecule has 2 heterocycles. The second-order valence-corrected chi connectivity index (χ2v) is 5.67. The lowest BCUT2D eigenvalue weighted by molar-refractivity contribution is -0.143. The summed E-state index contributed by atoms with van der Waals surface area (Å²) in [6.45, 7) is 3.23. The Morgan fingerprint density at radius 1 is 1.30 bits per heavy atom. The number of H-pyrrole nitrogens is 1. The van der Waals surface area contributed by atoms with Crippen molar-refractivity contribution in [1.29, 1.82) is 0 Å². The van der Waals surface area contributed by atoms with E-state index < -0.39 is 28.9 Å². The smallest absolute Gasteiger partial charge is 0.381 e. The molecule has 0 aliphatic carbocycles. The third-order valence-corrected chi connectivity index (χ3v) is 3.56. The highest BCUT2D eigenvalue weighted by Gasteiger charge is 2.40. The Morgan fingerprint density at radius 3 is 2.67 bits per heavy atom. The Hall–Kier alpha value is -2.69. The minimum atomic E-state index is -4.84. The third-order valence-electron chi connectivity index (χ3n) is 3.56. The first-order valence-electron chi connectivity index (χ1n) is 8.42. The topological polar surface area (TPSA) is 102 Å². The monoisotopic (exact) mass is 387 g/mol. The Labute approximate surface area is 152 Å². The molecule has 11 heteroatoms. The minimum absolute atomic E-state index is 0.171. The summed E-state index contributed by atoms with van der Waals surface area (Å²) < 4.78 is 46.2. The molecule has 0 fully saturated rings. The summed E-state index contributed by atoms with van der Waals surface area (Å²) in [7, 11) is 0. The van der Waals surface area contributed by atoms with Crippen molar-refractivity contribution >= 4 is 5.91 Å². The molecule has 0 spiro atoms. The minimum Gasteiger partial charge on any atom is -0.381 e. The summed E-state index contributed by atoms with van der Waals surface area (Å²) in [5.41, 5.74) is -2.46. The zero-order chi connectivity index (χ0) is 19.9. The molecule has 0 aliphatic heterocycles. The van der Waals surface area contributed by atoms with Crippen LogP contribution < -0.4 is 10.9 Å². The predicted octanol–water partition coefficient (Wildman–Crippen LogP) is 1.91. The maximum Gasteiger partial charge on any atom is 0.434 e. The maximum absolute atomic E-state index is 13.5. The van der Waals surface area contributed by atoms with Gasteiger partial charge in [-0.3, -0.25) is 9.59 Å². The fraction of sp³-hybridized carbons (Fsp3) is 0.500. The molecule has 0 atom stereocenters. The van der Waals surface area contributed by atoms with Gasteiger partial charge in [-0.25, -0.2) is 9.78 Å². The van der Waals surface area contributed by atoms with Gasteiger partial charge >= 0.3 is 6.18 Å². The summed E-state index contributed by atoms with van der Waals surface area (Å²) in [5, 5.41) is 11.6. The summed E-state index contributed by atoms with van der Waals surface area (Å²) in [6.07, 6.45) is -1.61. The molecule has 0 aromatic carbocycles. The van der Waals surface area contributed by atoms with Crippen LogP contribution in [-0.2, 0) is 10.9 Å². The van der Waals surface area contributed by atoms with E-state index in [4.69, 9.17) is 4.74 Å². The second-order valence-electron chi connectivity index (χ2n) is 5.67. The standard InChI is InChI=1S/C16H20F3N5O3/c1-2-3-8-27-9-4-7-20-15(26)11-10-21-24(14(11)16(17,18)19)12-5-6-13(25)23-22-12/h5-6,10H,2-4,7-9H2,1H3,(H,20,26)(H,23,25). The number of ether oxygens (including phenoxy) is 1. The van der Waals surface area contributed by atoms with Crippen LogP contribution >= 0.6 is 0 Å². The molecule has 0 saturated carbocycles. The van der Waals surface area contributed by atoms with Crippen molar-refractivity contribution in [3.63, 3.8) is 0 Å². The van der Waals surface area contributed by atoms with E-state index in [0.29, 0.717) is 24.3 Å². The zero-order valence-electron chi connectivity index (χ0n) is 14.7. The summed E-state index contributed by atoms with van der Waals surface area (Å²) in [5.74, 6) is -1.16. The van der Waals surface area contributed by atoms with E-state index in [0.717, 1.165) is 31.2 Å². The molecule has 8 nitrogen and oxygen atoms in total. The molecule has 27 heavy (non-hydrogen) atoms. The van der Waals surface area contributed by atoms with Crippen LogP contribution in [0.15, 0.2) is 23.1 Å². The van der Waals surface area contributed by atoms with Gasteiger partial charge in [0.1, 0.15) is 0 Å². The second kappa shape index (κ2) is 9.31. The Bertz CT molecular complexity index is 796. The Kier molecular flexibility index (Phi) is 7.11. The van der Waals surface area contributed by atoms with Crippen LogP contribution in [0.4, 0.5) is 13.2 Å². The lowest BCUT2D eigenvalue weighted by atomic mass is 10.2. The van der Waals surface area contributed by atoms with E-state index in [1.54, 1.807) is 0 Å². The van der Waals surface area contributed by atoms with Crippen LogP contribution in [0.2, 0.25) is 0 Å². The van der Waals surface area contributed by atoms with Crippen molar-refractivity contribution in [2.75, 3.05) is 19.8 Å². The first kappa shape index (κ1) is 20.6. The number of hydrogen-bond donors (Lipinski definition) is 2. The highest BCUT2D eigenvalue weighted by Crippen LogP contribution is 2.33. The SMILES string of the molecule is CCCCOCCCNC(=O)c1cnn(-c2ccc(=O)[nH]n2)c1C(F)(F)F. The van der Waals surface area contributed by atoms with Gasteiger partial charge in [-0.1, -0.05) is 13.3 Å². The number of rotatable bonds is 9. The van der Waals surface area contributed by atoms with Crippen LogP contribution in [-0.4, -0.2) is 45.6 Å². The number of nitrogens with one attached hydrogen (secondary N) is 2. The summed E-state index contributed by atoms with van der Waals surface area (Å²) in [6, 6.07) is 2.10. The van der Waals surface area contributed by atoms with Gasteiger partial charge in [0.05, 0.1) is 11.8 Å². The first-order chi connectivity index (χ1) is 12.8. The Balaban J connectivity index is 2.09. The van der Waals surface area contributed by atoms with Crippen molar-refractivity contribution in [2.45, 2.75) is 32.4 Å². The number of hydrogen-bond acceptors (Lipinski definition) is 5. The molecule has 0 radical (unpaired) electrons. The first-order valence-corrected chi connectivity index (χ1v) is 8.42. The van der Waals surface area contributed by atoms with Crippen LogP contribution in [0.1, 0.15) is 42.2 Å². The zero-order valence-corrected chi connectivity index (χ0v) is 14.7. The summed E-state index contributed by atoms with van der Waals surface area (Å²) >= 11 is 0. The molecule has 0 saturated heterocycles. The highest BCUT2D eigenvalue weighted by molar-refractivity contribution is 5.95. The van der Waals surface area contributed by atoms with Crippen molar-refractivity contribution < 1.29 is 22.7 Å². The lowest BCUT2D eigenvalue weighted by Crippen LogP contribution is -2.28. The normalized spacial score (nSPS) is 11.6. The fourth-order valence-electron chi connectivity index (χ4n) is 2.24. The van der Waals surface area contributed by atoms with Gasteiger partial charge in [0.25, 0.3) is 11.5 Å². The average molecular weight is 387 g/mol. The van der Waals surface area contributed by atoms with Crippen molar-refractivity contribution in [1.82, 2.24) is 25.3 Å². The number of unbranched alkanes of at least 4 members (excludes halogenated alkanes) is 1. The maximum atomic E-state index is 13.5. The van der Waals surface area contributed by atoms with Crippen LogP contribution in [0, 0.1) is 0 Å². The number of carbonyl (C=O) groups is 1. The molecule has 0 unspecified atom stereocenters. The number of amides is 1. The van der Waals surface area contributed by atoms with E-state index in [9.17, 15) is 22.8 Å². The van der Waals surface area contributed by atoms with Gasteiger partial charge in [-0.2, -0.15) is 23.4 Å². The van der Waals surface area contributed by atoms with Crippen molar-refractivity contribution in [3.05, 3.63) is 39.9 Å². The number of halogens is 3. The molecule has 0 bridgehead atoms. The number of carbonyl (C=O) groups excluding carboxylic acids is 1. The molecular weight excluding hydrogens is 367 g/mol. The number of nitrogens with zero attached hydrogens (tertiary/aromatic N) is 3. The molecule has 2 aromatic rings. The van der Waals surface area contributed by atoms with E-state index in [1.807, 2.05) is 12.0 Å². The van der Waals surface area contributed by atoms with Gasteiger partial charge in [0.2, 0.25) is 0 Å². The van der Waals surface area contributed by atoms with Crippen molar-refractivity contribution in [3.8, 4) is 5.82 Å². The largest absolute Gasteiger partial charge is 0.434 e. The number of aromatic amines is 1. The van der Waals surface area contributed by atoms with Crippen LogP contribution in [0.5, 0.6) is 0 Å². The van der Waals surface area contributed by atoms with E-state index in [-0.39, 0.29) is 12.4 Å². The van der Waals surface area contributed by atoms with Gasteiger partial charge in [0.15, 0.2) is 11.5 Å². The molecule has 2 rings (SSSR count). The Morgan fingerprint density at radius 2 is 2.04 bits per heavy atom. The third kappa shape index (κ3) is 5.64. The van der Waals surface area contributed by atoms with Gasteiger partial charge in [-0.05, 0) is 18.9 Å². The molecular formula is C16H20F3N5O3. The van der Waals surface area contributed by atoms with E-state index >= 15 is 0 Å². The van der Waals surface area contributed by atoms with E-state index in [2.05, 4.69) is 15.5 Å². The fourth-order valence-corrected chi connectivity index (χ4v) is 2.24. The molecule has 2 aromatic heterocycles. The highest BCUT2D eigenvalue weighted by atomic mass is 19.4. The van der Waals surface area contributed by atoms with E-state index in [1.165, 1.54) is 0 Å². The lowest BCUT2D eigenvalue weighted by Gasteiger charge is -2.12. The van der Waals surface area contributed by atoms with Crippen LogP contribution in [0.25, 0.3) is 5.82 Å². The summed E-state index contributed by atoms with van der Waals surface area (Å²) in [4.78, 5) is 23.2. The van der Waals surface area contributed by atoms with Crippen molar-refractivity contribution in [2.24, 2.45) is 0 Å². The molecule has 1 amide bonds. The molecule has 0 aliphatic rings. The quantitative estimate of drug-likeness (QED) is 0.640. The predicted molar refractivity (Wildman–Crippen MR) is 89.7 cm³/mol.